The van der Waals surface area contributed by atoms with Crippen LogP contribution in [0.1, 0.15) is 154 Å². The van der Waals surface area contributed by atoms with Gasteiger partial charge in [-0.3, -0.25) is 33.6 Å². The molecule has 0 bridgehead atoms. The van der Waals surface area contributed by atoms with Crippen LogP contribution in [0.4, 0.5) is 0 Å². The summed E-state index contributed by atoms with van der Waals surface area (Å²) >= 11 is 0. The summed E-state index contributed by atoms with van der Waals surface area (Å²) in [4.78, 5) is 90.5. The van der Waals surface area contributed by atoms with E-state index < -0.39 is 17.9 Å². The molecule has 0 spiro atoms. The van der Waals surface area contributed by atoms with E-state index in [9.17, 15) is 33.6 Å². The van der Waals surface area contributed by atoms with Crippen molar-refractivity contribution in [1.29, 1.82) is 0 Å². The van der Waals surface area contributed by atoms with Crippen molar-refractivity contribution in [3.05, 3.63) is 18.2 Å². The molecule has 1 aromatic heterocycles. The summed E-state index contributed by atoms with van der Waals surface area (Å²) in [5, 5.41) is 16.7. The lowest BCUT2D eigenvalue weighted by atomic mass is 9.91. The monoisotopic (exact) mass is 923 g/mol. The Kier molecular flexibility index (Phi) is 37.5. The van der Waals surface area contributed by atoms with Crippen molar-refractivity contribution >= 4 is 41.0 Å². The number of aromatic nitrogens is 2. The summed E-state index contributed by atoms with van der Waals surface area (Å²) in [6.45, 7) is 3.45. The Morgan fingerprint density at radius 1 is 0.631 bits per heavy atom. The summed E-state index contributed by atoms with van der Waals surface area (Å²) in [5.41, 5.74) is 6.78. The molecule has 0 radical (unpaired) electrons. The predicted molar refractivity (Wildman–Crippen MR) is 246 cm³/mol. The smallest absolute Gasteiger partial charge is 0.303 e. The highest BCUT2D eigenvalue weighted by Gasteiger charge is 2.25. The number of carboxylic acids is 1. The van der Waals surface area contributed by atoms with Gasteiger partial charge in [0.2, 0.25) is 17.7 Å². The standard InChI is InChI=1S/C47H82N6O12/c1-38(54)33-52-47(61)39(31-43(56)42(48)32-40-34-49-37-53-40)19-16-17-23-50-44(57)35-65-30-28-63-26-24-51-45(58)36-64-29-27-62-25-18-21-41(55)20-14-12-10-8-6-4-2-3-5-7-9-11-13-15-22-46(59)60/h34,37,39,42H,2-33,35-36,48H2,1H3,(H,49,53)(H,50,57)(H,51,58)(H,52,61)(H,59,60)/t39-,42+/m1/s1. The fourth-order valence-electron chi connectivity index (χ4n) is 6.92. The Bertz CT molecular complexity index is 1430. The molecule has 0 aliphatic rings. The van der Waals surface area contributed by atoms with Crippen LogP contribution in [0.15, 0.2) is 12.5 Å². The van der Waals surface area contributed by atoms with E-state index in [0.29, 0.717) is 71.2 Å². The lowest BCUT2D eigenvalue weighted by Crippen LogP contribution is -2.39. The Morgan fingerprint density at radius 3 is 1.71 bits per heavy atom. The Labute approximate surface area is 386 Å². The number of carbonyl (C=O) groups is 7. The van der Waals surface area contributed by atoms with E-state index in [1.54, 1.807) is 6.20 Å². The van der Waals surface area contributed by atoms with Crippen LogP contribution in [-0.4, -0.2) is 135 Å². The average Bonchev–Trinajstić information content (AvgIpc) is 3.79. The van der Waals surface area contributed by atoms with E-state index in [1.807, 2.05) is 0 Å². The molecule has 18 heteroatoms. The summed E-state index contributed by atoms with van der Waals surface area (Å²) < 4.78 is 21.7. The van der Waals surface area contributed by atoms with Crippen molar-refractivity contribution in [2.75, 3.05) is 72.5 Å². The maximum absolute atomic E-state index is 12.8. The van der Waals surface area contributed by atoms with Crippen LogP contribution in [0, 0.1) is 5.92 Å². The molecule has 1 rings (SSSR count). The Hall–Kier alpha value is -4.10. The lowest BCUT2D eigenvalue weighted by molar-refractivity contribution is -0.137. The fraction of sp³-hybridized carbons (Fsp3) is 0.787. The number of carbonyl (C=O) groups excluding carboxylic acids is 6. The van der Waals surface area contributed by atoms with Crippen molar-refractivity contribution in [2.45, 2.75) is 161 Å². The van der Waals surface area contributed by atoms with Crippen molar-refractivity contribution in [3.63, 3.8) is 0 Å². The van der Waals surface area contributed by atoms with Gasteiger partial charge in [-0.05, 0) is 39.0 Å². The first-order valence-electron chi connectivity index (χ1n) is 24.1. The molecule has 0 aliphatic heterocycles. The molecular formula is C47H82N6O12. The number of amides is 3. The quantitative estimate of drug-likeness (QED) is 0.0484. The van der Waals surface area contributed by atoms with Crippen LogP contribution in [0.3, 0.4) is 0 Å². The molecule has 65 heavy (non-hydrogen) atoms. The number of unbranched alkanes of at least 4 members (excludes halogenated alkanes) is 14. The number of Topliss-reactive ketones (excluding diaryl/α,β-unsaturated/α-hetero) is 3. The normalized spacial score (nSPS) is 12.1. The van der Waals surface area contributed by atoms with Crippen molar-refractivity contribution in [1.82, 2.24) is 25.9 Å². The first kappa shape index (κ1) is 58.9. The van der Waals surface area contributed by atoms with Gasteiger partial charge in [-0.2, -0.15) is 0 Å². The molecule has 372 valence electrons. The number of aromatic amines is 1. The Balaban J connectivity index is 1.91. The summed E-state index contributed by atoms with van der Waals surface area (Å²) in [6, 6.07) is -0.796. The van der Waals surface area contributed by atoms with Crippen molar-refractivity contribution in [2.24, 2.45) is 11.7 Å². The van der Waals surface area contributed by atoms with Gasteiger partial charge in [-0.1, -0.05) is 83.5 Å². The predicted octanol–water partition coefficient (Wildman–Crippen LogP) is 4.70. The van der Waals surface area contributed by atoms with E-state index in [0.717, 1.165) is 37.8 Å². The zero-order valence-electron chi connectivity index (χ0n) is 39.3. The molecule has 7 N–H and O–H groups in total. The second kappa shape index (κ2) is 41.3. The number of nitrogens with two attached hydrogens (primary N) is 1. The van der Waals surface area contributed by atoms with Gasteiger partial charge >= 0.3 is 5.97 Å². The number of H-pyrrole nitrogens is 1. The minimum absolute atomic E-state index is 0.0568. The third kappa shape index (κ3) is 37.8. The van der Waals surface area contributed by atoms with Gasteiger partial charge in [0, 0.05) is 69.6 Å². The molecule has 0 fully saturated rings. The number of hydrogen-bond acceptors (Lipinski definition) is 13. The van der Waals surface area contributed by atoms with Crippen LogP contribution < -0.4 is 21.7 Å². The second-order valence-electron chi connectivity index (χ2n) is 16.7. The minimum Gasteiger partial charge on any atom is -0.481 e. The number of aliphatic carboxylic acids is 1. The number of ether oxygens (including phenoxy) is 4. The highest BCUT2D eigenvalue weighted by molar-refractivity contribution is 5.91. The third-order valence-corrected chi connectivity index (χ3v) is 10.7. The number of nitrogens with one attached hydrogen (secondary N) is 4. The largest absolute Gasteiger partial charge is 0.481 e. The lowest BCUT2D eigenvalue weighted by Gasteiger charge is -2.18. The van der Waals surface area contributed by atoms with Gasteiger partial charge in [0.05, 0.1) is 51.9 Å². The van der Waals surface area contributed by atoms with Crippen molar-refractivity contribution in [3.8, 4) is 0 Å². The first-order valence-corrected chi connectivity index (χ1v) is 24.1. The number of nitrogens with zero attached hydrogens (tertiary/aromatic N) is 1. The number of rotatable bonds is 47. The van der Waals surface area contributed by atoms with Gasteiger partial charge in [-0.25, -0.2) is 4.98 Å². The highest BCUT2D eigenvalue weighted by Crippen LogP contribution is 2.17. The van der Waals surface area contributed by atoms with E-state index in [2.05, 4.69) is 25.9 Å². The van der Waals surface area contributed by atoms with Gasteiger partial charge in [0.15, 0.2) is 5.78 Å². The molecule has 0 aromatic carbocycles. The molecule has 1 aromatic rings. The third-order valence-electron chi connectivity index (χ3n) is 10.7. The number of hydrogen-bond donors (Lipinski definition) is 6. The molecule has 18 nitrogen and oxygen atoms in total. The molecular weight excluding hydrogens is 841 g/mol. The minimum atomic E-state index is -0.796. The fourth-order valence-corrected chi connectivity index (χ4v) is 6.92. The van der Waals surface area contributed by atoms with Crippen LogP contribution >= 0.6 is 0 Å². The summed E-state index contributed by atoms with van der Waals surface area (Å²) in [5.74, 6) is -2.48. The average molecular weight is 923 g/mol. The van der Waals surface area contributed by atoms with E-state index in [4.69, 9.17) is 29.8 Å². The molecule has 0 unspecified atom stereocenters. The summed E-state index contributed by atoms with van der Waals surface area (Å²) in [7, 11) is 0. The molecule has 3 amide bonds. The molecule has 0 aliphatic carbocycles. The van der Waals surface area contributed by atoms with Crippen LogP contribution in [0.5, 0.6) is 0 Å². The van der Waals surface area contributed by atoms with E-state index >= 15 is 0 Å². The van der Waals surface area contributed by atoms with Crippen molar-refractivity contribution < 1.29 is 57.6 Å². The summed E-state index contributed by atoms with van der Waals surface area (Å²) in [6.07, 6.45) is 23.2. The number of imidazole rings is 1. The molecule has 0 saturated heterocycles. The Morgan fingerprint density at radius 2 is 1.15 bits per heavy atom. The second-order valence-corrected chi connectivity index (χ2v) is 16.7. The zero-order valence-corrected chi connectivity index (χ0v) is 39.3. The molecule has 1 heterocycles. The molecule has 2 atom stereocenters. The topological polar surface area (TPSA) is 267 Å². The molecule has 0 saturated carbocycles. The number of carboxylic acid groups (broad SMARTS) is 1. The van der Waals surface area contributed by atoms with Crippen LogP contribution in [-0.2, 0) is 58.9 Å². The van der Waals surface area contributed by atoms with E-state index in [-0.39, 0.29) is 94.1 Å². The van der Waals surface area contributed by atoms with Gasteiger partial charge in [0.25, 0.3) is 0 Å². The zero-order chi connectivity index (χ0) is 47.6. The van der Waals surface area contributed by atoms with Gasteiger partial charge in [0.1, 0.15) is 24.8 Å². The van der Waals surface area contributed by atoms with Gasteiger partial charge in [-0.15, -0.1) is 0 Å². The SMILES string of the molecule is CC(=O)CNC(=O)[C@H](CCCCNC(=O)COCCOCCNC(=O)COCCOCCCC(=O)CCCCCCCCCCCCCCCCC(=O)O)CC(=O)[C@@H](N)Cc1cnc[nH]1. The van der Waals surface area contributed by atoms with Gasteiger partial charge < -0.3 is 50.7 Å². The van der Waals surface area contributed by atoms with E-state index in [1.165, 1.54) is 71.0 Å². The first-order chi connectivity index (χ1) is 31.5. The van der Waals surface area contributed by atoms with Crippen LogP contribution in [0.2, 0.25) is 0 Å². The highest BCUT2D eigenvalue weighted by atomic mass is 16.5. The maximum Gasteiger partial charge on any atom is 0.303 e. The van der Waals surface area contributed by atoms with Crippen LogP contribution in [0.25, 0.3) is 0 Å². The maximum atomic E-state index is 12.8. The number of ketones is 3.